The van der Waals surface area contributed by atoms with Gasteiger partial charge in [-0.15, -0.1) is 0 Å². The van der Waals surface area contributed by atoms with Crippen LogP contribution in [0.25, 0.3) is 11.0 Å². The fraction of sp³-hybridized carbons (Fsp3) is 0.417. The molecule has 1 aromatic carbocycles. The lowest BCUT2D eigenvalue weighted by molar-refractivity contribution is -0.122. The third-order valence-electron chi connectivity index (χ3n) is 5.37. The molecule has 0 aliphatic rings. The lowest BCUT2D eigenvalue weighted by Gasteiger charge is -2.21. The van der Waals surface area contributed by atoms with Gasteiger partial charge in [-0.3, -0.25) is 9.59 Å². The van der Waals surface area contributed by atoms with Crippen LogP contribution in [0.1, 0.15) is 73.9 Å². The van der Waals surface area contributed by atoms with Crippen LogP contribution >= 0.6 is 0 Å². The topological polar surface area (TPSA) is 88.9 Å². The molecule has 0 spiro atoms. The molecule has 2 amide bonds. The van der Waals surface area contributed by atoms with Crippen molar-refractivity contribution in [2.24, 2.45) is 0 Å². The van der Waals surface area contributed by atoms with E-state index in [0.29, 0.717) is 28.0 Å². The fourth-order valence-corrected chi connectivity index (χ4v) is 3.60. The molecule has 0 fully saturated rings. The summed E-state index contributed by atoms with van der Waals surface area (Å²) in [4.78, 5) is 30.8. The number of aryl methyl sites for hydroxylation is 1. The molecule has 0 saturated heterocycles. The van der Waals surface area contributed by atoms with E-state index in [1.54, 1.807) is 17.7 Å². The van der Waals surface area contributed by atoms with Gasteiger partial charge in [0.05, 0.1) is 22.2 Å². The van der Waals surface area contributed by atoms with Crippen LogP contribution in [0.3, 0.4) is 0 Å². The summed E-state index contributed by atoms with van der Waals surface area (Å²) >= 11 is 0. The zero-order valence-electron chi connectivity index (χ0n) is 19.9. The maximum Gasteiger partial charge on any atom is 0.253 e. The highest BCUT2D eigenvalue weighted by molar-refractivity contribution is 6.08. The van der Waals surface area contributed by atoms with Gasteiger partial charge in [-0.05, 0) is 57.4 Å². The number of halogens is 2. The number of carbonyl (C=O) groups excluding carboxylic acids is 2. The van der Waals surface area contributed by atoms with Gasteiger partial charge in [-0.25, -0.2) is 18.4 Å². The molecule has 1 atom stereocenters. The first-order valence-corrected chi connectivity index (χ1v) is 10.7. The second kappa shape index (κ2) is 8.88. The number of carbonyl (C=O) groups is 2. The predicted molar refractivity (Wildman–Crippen MR) is 122 cm³/mol. The Morgan fingerprint density at radius 2 is 1.76 bits per heavy atom. The highest BCUT2D eigenvalue weighted by atomic mass is 19.2. The molecule has 0 bridgehead atoms. The van der Waals surface area contributed by atoms with Gasteiger partial charge in [0.25, 0.3) is 5.91 Å². The van der Waals surface area contributed by atoms with E-state index >= 15 is 0 Å². The molecule has 176 valence electrons. The van der Waals surface area contributed by atoms with Crippen molar-refractivity contribution < 1.29 is 18.4 Å². The minimum atomic E-state index is -1.22. The van der Waals surface area contributed by atoms with Crippen molar-refractivity contribution in [1.29, 1.82) is 0 Å². The van der Waals surface area contributed by atoms with Crippen molar-refractivity contribution in [3.8, 4) is 0 Å². The van der Waals surface area contributed by atoms with E-state index in [-0.39, 0.29) is 17.0 Å². The first-order valence-electron chi connectivity index (χ1n) is 10.7. The molecular formula is C24H29F2N5O2. The summed E-state index contributed by atoms with van der Waals surface area (Å²) in [6.07, 6.45) is 0. The summed E-state index contributed by atoms with van der Waals surface area (Å²) in [6.45, 7) is 11.7. The molecule has 0 aliphatic carbocycles. The Balaban J connectivity index is 2.15. The summed E-state index contributed by atoms with van der Waals surface area (Å²) < 4.78 is 29.1. The van der Waals surface area contributed by atoms with Crippen LogP contribution in [0.15, 0.2) is 24.3 Å². The number of nitrogens with one attached hydrogen (secondary N) is 2. The van der Waals surface area contributed by atoms with Crippen LogP contribution < -0.4 is 10.6 Å². The van der Waals surface area contributed by atoms with Crippen LogP contribution in [0.4, 0.5) is 8.78 Å². The number of pyridine rings is 1. The smallest absolute Gasteiger partial charge is 0.253 e. The summed E-state index contributed by atoms with van der Waals surface area (Å²) in [5, 5.41) is 10.3. The average Bonchev–Trinajstić information content (AvgIpc) is 3.09. The van der Waals surface area contributed by atoms with E-state index in [9.17, 15) is 18.4 Å². The van der Waals surface area contributed by atoms with Gasteiger partial charge in [0.15, 0.2) is 17.3 Å². The zero-order valence-corrected chi connectivity index (χ0v) is 19.9. The van der Waals surface area contributed by atoms with Gasteiger partial charge in [-0.1, -0.05) is 19.9 Å². The highest BCUT2D eigenvalue weighted by Crippen LogP contribution is 2.29. The number of aromatic nitrogens is 3. The monoisotopic (exact) mass is 457 g/mol. The molecule has 7 nitrogen and oxygen atoms in total. The van der Waals surface area contributed by atoms with Crippen LogP contribution in [-0.4, -0.2) is 33.6 Å². The van der Waals surface area contributed by atoms with Gasteiger partial charge in [0, 0.05) is 12.7 Å². The molecule has 33 heavy (non-hydrogen) atoms. The van der Waals surface area contributed by atoms with Crippen molar-refractivity contribution in [3.05, 3.63) is 58.4 Å². The molecule has 3 rings (SSSR count). The number of amides is 2. The standard InChI is InChI=1S/C24H29F2N5O2/c1-12(2)18-11-15(19-13(3)30-31(21(19)28-18)24(4,5)6)22(32)29-20(23(33)27-7)14-8-9-16(25)17(26)10-14/h8-12,20H,1-7H3,(H,27,33)(H,29,32). The number of hydrogen-bond donors (Lipinski definition) is 2. The second-order valence-electron chi connectivity index (χ2n) is 9.31. The van der Waals surface area contributed by atoms with E-state index in [1.807, 2.05) is 34.6 Å². The molecule has 0 saturated carbocycles. The molecule has 2 N–H and O–H groups in total. The Kier molecular flexibility index (Phi) is 6.53. The lowest BCUT2D eigenvalue weighted by Crippen LogP contribution is -2.39. The minimum absolute atomic E-state index is 0.0329. The van der Waals surface area contributed by atoms with Crippen LogP contribution in [0, 0.1) is 18.6 Å². The lowest BCUT2D eigenvalue weighted by atomic mass is 10.0. The SMILES string of the molecule is CNC(=O)C(NC(=O)c1cc(C(C)C)nc2c1c(C)nn2C(C)(C)C)c1ccc(F)c(F)c1. The molecule has 2 heterocycles. The van der Waals surface area contributed by atoms with E-state index in [2.05, 4.69) is 15.7 Å². The van der Waals surface area contributed by atoms with Crippen molar-refractivity contribution in [3.63, 3.8) is 0 Å². The Labute approximate surface area is 191 Å². The van der Waals surface area contributed by atoms with Gasteiger partial charge in [-0.2, -0.15) is 5.10 Å². The minimum Gasteiger partial charge on any atom is -0.357 e. The Morgan fingerprint density at radius 1 is 1.09 bits per heavy atom. The average molecular weight is 458 g/mol. The Hall–Kier alpha value is -3.36. The molecule has 2 aromatic heterocycles. The summed E-state index contributed by atoms with van der Waals surface area (Å²) in [5.41, 5.74) is 1.95. The number of likely N-dealkylation sites (N-methyl/N-ethyl adjacent to an activating group) is 1. The molecule has 3 aromatic rings. The second-order valence-corrected chi connectivity index (χ2v) is 9.31. The quantitative estimate of drug-likeness (QED) is 0.603. The van der Waals surface area contributed by atoms with Crippen LogP contribution in [-0.2, 0) is 10.3 Å². The number of fused-ring (bicyclic) bond motifs is 1. The molecule has 9 heteroatoms. The highest BCUT2D eigenvalue weighted by Gasteiger charge is 2.28. The number of benzene rings is 1. The first-order chi connectivity index (χ1) is 15.3. The fourth-order valence-electron chi connectivity index (χ4n) is 3.60. The van der Waals surface area contributed by atoms with E-state index in [1.165, 1.54) is 13.1 Å². The third-order valence-corrected chi connectivity index (χ3v) is 5.37. The molecule has 0 aliphatic heterocycles. The van der Waals surface area contributed by atoms with E-state index < -0.39 is 29.5 Å². The van der Waals surface area contributed by atoms with Crippen molar-refractivity contribution in [2.45, 2.75) is 59.0 Å². The van der Waals surface area contributed by atoms with Crippen molar-refractivity contribution >= 4 is 22.8 Å². The predicted octanol–water partition coefficient (Wildman–Crippen LogP) is 4.11. The molecule has 0 radical (unpaired) electrons. The summed E-state index contributed by atoms with van der Waals surface area (Å²) in [5.74, 6) is -3.22. The third kappa shape index (κ3) is 4.72. The largest absolute Gasteiger partial charge is 0.357 e. The summed E-state index contributed by atoms with van der Waals surface area (Å²) in [6, 6.07) is 3.56. The Morgan fingerprint density at radius 3 is 2.30 bits per heavy atom. The van der Waals surface area contributed by atoms with Gasteiger partial charge in [0.2, 0.25) is 5.91 Å². The normalized spacial score (nSPS) is 12.8. The van der Waals surface area contributed by atoms with Crippen LogP contribution in [0.2, 0.25) is 0 Å². The maximum atomic E-state index is 13.8. The number of rotatable bonds is 5. The summed E-state index contributed by atoms with van der Waals surface area (Å²) in [7, 11) is 1.40. The van der Waals surface area contributed by atoms with Gasteiger partial charge < -0.3 is 10.6 Å². The van der Waals surface area contributed by atoms with E-state index in [4.69, 9.17) is 4.98 Å². The van der Waals surface area contributed by atoms with Gasteiger partial charge >= 0.3 is 0 Å². The van der Waals surface area contributed by atoms with E-state index in [0.717, 1.165) is 12.1 Å². The van der Waals surface area contributed by atoms with Crippen molar-refractivity contribution in [2.75, 3.05) is 7.05 Å². The maximum absolute atomic E-state index is 13.8. The molecule has 1 unspecified atom stereocenters. The molecular weight excluding hydrogens is 428 g/mol. The van der Waals surface area contributed by atoms with Gasteiger partial charge in [0.1, 0.15) is 6.04 Å². The van der Waals surface area contributed by atoms with Crippen molar-refractivity contribution in [1.82, 2.24) is 25.4 Å². The number of hydrogen-bond acceptors (Lipinski definition) is 4. The first kappa shape index (κ1) is 24.3. The Bertz CT molecular complexity index is 1230. The van der Waals surface area contributed by atoms with Crippen LogP contribution in [0.5, 0.6) is 0 Å². The zero-order chi connectivity index (χ0) is 24.7. The number of nitrogens with zero attached hydrogens (tertiary/aromatic N) is 3.